The van der Waals surface area contributed by atoms with Crippen LogP contribution in [0.3, 0.4) is 0 Å². The van der Waals surface area contributed by atoms with Crippen molar-refractivity contribution in [1.82, 2.24) is 0 Å². The van der Waals surface area contributed by atoms with Gasteiger partial charge in [0.1, 0.15) is 0 Å². The second-order valence-corrected chi connectivity index (χ2v) is 5.40. The summed E-state index contributed by atoms with van der Waals surface area (Å²) in [5.41, 5.74) is 7.40. The third kappa shape index (κ3) is 3.12. The highest BCUT2D eigenvalue weighted by molar-refractivity contribution is 7.10. The summed E-state index contributed by atoms with van der Waals surface area (Å²) in [6, 6.07) is 2.19. The van der Waals surface area contributed by atoms with Crippen LogP contribution in [0, 0.1) is 12.3 Å². The molecule has 1 aromatic rings. The Kier molecular flexibility index (Phi) is 3.51. The maximum absolute atomic E-state index is 5.69. The molecule has 0 saturated heterocycles. The van der Waals surface area contributed by atoms with E-state index in [1.54, 1.807) is 0 Å². The number of hydrogen-bond acceptors (Lipinski definition) is 2. The van der Waals surface area contributed by atoms with Crippen LogP contribution in [0.5, 0.6) is 0 Å². The van der Waals surface area contributed by atoms with E-state index < -0.39 is 0 Å². The molecule has 2 heteroatoms. The van der Waals surface area contributed by atoms with Crippen LogP contribution in [-0.2, 0) is 6.42 Å². The number of rotatable bonds is 4. The summed E-state index contributed by atoms with van der Waals surface area (Å²) >= 11 is 1.86. The molecule has 0 aliphatic heterocycles. The van der Waals surface area contributed by atoms with Gasteiger partial charge >= 0.3 is 0 Å². The highest BCUT2D eigenvalue weighted by Crippen LogP contribution is 2.24. The lowest BCUT2D eigenvalue weighted by Crippen LogP contribution is -2.23. The predicted octanol–water partition coefficient (Wildman–Crippen LogP) is 2.97. The first-order chi connectivity index (χ1) is 6.05. The van der Waals surface area contributed by atoms with E-state index in [1.807, 2.05) is 11.3 Å². The van der Waals surface area contributed by atoms with Gasteiger partial charge in [0, 0.05) is 4.88 Å². The molecule has 1 heterocycles. The molecule has 2 N–H and O–H groups in total. The Morgan fingerprint density at radius 1 is 1.46 bits per heavy atom. The monoisotopic (exact) mass is 197 g/mol. The fraction of sp³-hybridized carbons (Fsp3) is 0.636. The maximum Gasteiger partial charge on any atom is 0.00746 e. The zero-order valence-corrected chi connectivity index (χ0v) is 9.58. The zero-order chi connectivity index (χ0) is 9.90. The number of nitrogens with two attached hydrogens (primary N) is 1. The number of hydrogen-bond donors (Lipinski definition) is 1. The van der Waals surface area contributed by atoms with Crippen molar-refractivity contribution in [2.24, 2.45) is 11.1 Å². The summed E-state index contributed by atoms with van der Waals surface area (Å²) in [4.78, 5) is 1.52. The highest BCUT2D eigenvalue weighted by atomic mass is 32.1. The van der Waals surface area contributed by atoms with Crippen LogP contribution in [0.25, 0.3) is 0 Å². The van der Waals surface area contributed by atoms with Gasteiger partial charge in [-0.3, -0.25) is 0 Å². The Bertz CT molecular complexity index is 263. The molecule has 0 radical (unpaired) electrons. The maximum atomic E-state index is 5.69. The van der Waals surface area contributed by atoms with Gasteiger partial charge in [0.15, 0.2) is 0 Å². The van der Waals surface area contributed by atoms with Crippen molar-refractivity contribution >= 4 is 11.3 Å². The summed E-state index contributed by atoms with van der Waals surface area (Å²) in [5.74, 6) is 0. The molecule has 1 nitrogen and oxygen atoms in total. The van der Waals surface area contributed by atoms with Gasteiger partial charge in [-0.1, -0.05) is 13.8 Å². The molecule has 0 saturated carbocycles. The lowest BCUT2D eigenvalue weighted by molar-refractivity contribution is 0.349. The fourth-order valence-corrected chi connectivity index (χ4v) is 2.12. The van der Waals surface area contributed by atoms with Crippen LogP contribution in [0.15, 0.2) is 11.4 Å². The van der Waals surface area contributed by atoms with E-state index in [-0.39, 0.29) is 5.41 Å². The highest BCUT2D eigenvalue weighted by Gasteiger charge is 2.15. The minimum atomic E-state index is 0.288. The van der Waals surface area contributed by atoms with Gasteiger partial charge in [0.05, 0.1) is 0 Å². The normalized spacial score (nSPS) is 12.0. The lowest BCUT2D eigenvalue weighted by atomic mass is 9.87. The third-order valence-corrected chi connectivity index (χ3v) is 3.63. The van der Waals surface area contributed by atoms with Gasteiger partial charge < -0.3 is 5.73 Å². The minimum Gasteiger partial charge on any atom is -0.330 e. The topological polar surface area (TPSA) is 26.0 Å². The molecule has 0 aliphatic rings. The SMILES string of the molecule is Cc1ccsc1CCC(C)(C)CN. The van der Waals surface area contributed by atoms with Crippen molar-refractivity contribution in [2.45, 2.75) is 33.6 Å². The molecule has 0 fully saturated rings. The van der Waals surface area contributed by atoms with Crippen LogP contribution >= 0.6 is 11.3 Å². The quantitative estimate of drug-likeness (QED) is 0.789. The first kappa shape index (κ1) is 10.7. The molecule has 74 valence electrons. The summed E-state index contributed by atoms with van der Waals surface area (Å²) in [7, 11) is 0. The van der Waals surface area contributed by atoms with Gasteiger partial charge in [0.2, 0.25) is 0 Å². The molecule has 0 amide bonds. The van der Waals surface area contributed by atoms with Crippen molar-refractivity contribution in [3.63, 3.8) is 0 Å². The van der Waals surface area contributed by atoms with Gasteiger partial charge in [0.25, 0.3) is 0 Å². The van der Waals surface area contributed by atoms with Crippen LogP contribution in [-0.4, -0.2) is 6.54 Å². The van der Waals surface area contributed by atoms with Crippen molar-refractivity contribution in [3.05, 3.63) is 21.9 Å². The zero-order valence-electron chi connectivity index (χ0n) is 8.76. The van der Waals surface area contributed by atoms with Crippen LogP contribution in [0.1, 0.15) is 30.7 Å². The summed E-state index contributed by atoms with van der Waals surface area (Å²) in [5, 5.41) is 2.17. The van der Waals surface area contributed by atoms with Gasteiger partial charge in [-0.15, -0.1) is 11.3 Å². The molecule has 0 spiro atoms. The van der Waals surface area contributed by atoms with Gasteiger partial charge in [-0.05, 0) is 48.7 Å². The van der Waals surface area contributed by atoms with E-state index in [0.717, 1.165) is 6.54 Å². The molecule has 1 rings (SSSR count). The van der Waals surface area contributed by atoms with Crippen LogP contribution in [0.2, 0.25) is 0 Å². The largest absolute Gasteiger partial charge is 0.330 e. The Hall–Kier alpha value is -0.340. The van der Waals surface area contributed by atoms with Crippen LogP contribution < -0.4 is 5.73 Å². The second-order valence-electron chi connectivity index (χ2n) is 4.40. The smallest absolute Gasteiger partial charge is 0.00746 e. The lowest BCUT2D eigenvalue weighted by Gasteiger charge is -2.21. The molecule has 0 aromatic carbocycles. The molecule has 0 bridgehead atoms. The van der Waals surface area contributed by atoms with E-state index in [9.17, 15) is 0 Å². The van der Waals surface area contributed by atoms with Gasteiger partial charge in [-0.25, -0.2) is 0 Å². The Morgan fingerprint density at radius 3 is 2.62 bits per heavy atom. The van der Waals surface area contributed by atoms with E-state index >= 15 is 0 Å². The van der Waals surface area contributed by atoms with E-state index in [1.165, 1.54) is 23.3 Å². The standard InChI is InChI=1S/C11H19NS/c1-9-5-7-13-10(9)4-6-11(2,3)8-12/h5,7H,4,6,8,12H2,1-3H3. The molecular weight excluding hydrogens is 178 g/mol. The van der Waals surface area contributed by atoms with Crippen LogP contribution in [0.4, 0.5) is 0 Å². The minimum absolute atomic E-state index is 0.288. The first-order valence-corrected chi connectivity index (χ1v) is 5.66. The predicted molar refractivity (Wildman–Crippen MR) is 60.2 cm³/mol. The fourth-order valence-electron chi connectivity index (χ4n) is 1.21. The molecule has 0 aliphatic carbocycles. The van der Waals surface area contributed by atoms with Crippen molar-refractivity contribution in [3.8, 4) is 0 Å². The van der Waals surface area contributed by atoms with E-state index in [2.05, 4.69) is 32.2 Å². The first-order valence-electron chi connectivity index (χ1n) is 4.78. The molecule has 13 heavy (non-hydrogen) atoms. The second kappa shape index (κ2) is 4.25. The van der Waals surface area contributed by atoms with Gasteiger partial charge in [-0.2, -0.15) is 0 Å². The summed E-state index contributed by atoms with van der Waals surface area (Å²) in [6.07, 6.45) is 2.36. The molecule has 0 unspecified atom stereocenters. The summed E-state index contributed by atoms with van der Waals surface area (Å²) < 4.78 is 0. The van der Waals surface area contributed by atoms with Crippen molar-refractivity contribution < 1.29 is 0 Å². The average molecular weight is 197 g/mol. The number of aryl methyl sites for hydroxylation is 2. The summed E-state index contributed by atoms with van der Waals surface area (Å²) in [6.45, 7) is 7.42. The Morgan fingerprint density at radius 2 is 2.15 bits per heavy atom. The average Bonchev–Trinajstić information content (AvgIpc) is 2.48. The van der Waals surface area contributed by atoms with E-state index in [0.29, 0.717) is 0 Å². The molecular formula is C11H19NS. The molecule has 1 aromatic heterocycles. The Balaban J connectivity index is 2.48. The third-order valence-electron chi connectivity index (χ3n) is 2.55. The Labute approximate surface area is 85.0 Å². The van der Waals surface area contributed by atoms with E-state index in [4.69, 9.17) is 5.73 Å². The van der Waals surface area contributed by atoms with Crippen molar-refractivity contribution in [1.29, 1.82) is 0 Å². The number of thiophene rings is 1. The van der Waals surface area contributed by atoms with Crippen molar-refractivity contribution in [2.75, 3.05) is 6.54 Å². The molecule has 0 atom stereocenters.